The van der Waals surface area contributed by atoms with Crippen LogP contribution < -0.4 is 0 Å². The number of ether oxygens (including phenoxy) is 3. The van der Waals surface area contributed by atoms with Gasteiger partial charge in [0.05, 0.1) is 19.8 Å². The average Bonchev–Trinajstić information content (AvgIpc) is 2.46. The van der Waals surface area contributed by atoms with E-state index >= 15 is 0 Å². The van der Waals surface area contributed by atoms with Crippen molar-refractivity contribution in [3.63, 3.8) is 0 Å². The van der Waals surface area contributed by atoms with Gasteiger partial charge in [-0.25, -0.2) is 0 Å². The third-order valence-electron chi connectivity index (χ3n) is 3.04. The molecule has 0 aromatic rings. The molecule has 0 radical (unpaired) electrons. The monoisotopic (exact) mass is 330 g/mol. The van der Waals surface area contributed by atoms with Gasteiger partial charge in [-0.15, -0.1) is 0 Å². The van der Waals surface area contributed by atoms with Gasteiger partial charge in [-0.2, -0.15) is 0 Å². The van der Waals surface area contributed by atoms with Crippen LogP contribution in [0.4, 0.5) is 0 Å². The molecule has 6 unspecified atom stereocenters. The quantitative estimate of drug-likeness (QED) is 0.377. The molecule has 0 aromatic carbocycles. The molecule has 0 bridgehead atoms. The van der Waals surface area contributed by atoms with Crippen LogP contribution in [0, 0.1) is 0 Å². The molecule has 0 amide bonds. The summed E-state index contributed by atoms with van der Waals surface area (Å²) >= 11 is 0. The topological polar surface area (TPSA) is 124 Å². The van der Waals surface area contributed by atoms with Crippen molar-refractivity contribution in [2.45, 2.75) is 30.7 Å². The highest BCUT2D eigenvalue weighted by Gasteiger charge is 2.44. The van der Waals surface area contributed by atoms with Crippen molar-refractivity contribution in [2.75, 3.05) is 40.7 Å². The number of hydrogen-bond donors (Lipinski definition) is 3. The van der Waals surface area contributed by atoms with E-state index in [4.69, 9.17) is 18.7 Å². The summed E-state index contributed by atoms with van der Waals surface area (Å²) < 4.78 is 36.6. The Hall–Kier alpha value is -0.0900. The van der Waals surface area contributed by atoms with Crippen LogP contribution >= 0.6 is 7.60 Å². The van der Waals surface area contributed by atoms with Crippen molar-refractivity contribution in [2.24, 2.45) is 0 Å². The summed E-state index contributed by atoms with van der Waals surface area (Å²) in [6.45, 7) is 1.40. The van der Waals surface area contributed by atoms with E-state index in [0.717, 1.165) is 0 Å². The van der Waals surface area contributed by atoms with Crippen LogP contribution in [-0.2, 0) is 27.8 Å². The van der Waals surface area contributed by atoms with Gasteiger partial charge in [0.15, 0.2) is 6.29 Å². The Morgan fingerprint density at radius 3 is 2.33 bits per heavy atom. The van der Waals surface area contributed by atoms with Gasteiger partial charge in [-0.05, 0) is 0 Å². The maximum absolute atomic E-state index is 11.6. The molecule has 0 aromatic heterocycles. The maximum Gasteiger partial charge on any atom is 0.327 e. The van der Waals surface area contributed by atoms with E-state index in [0.29, 0.717) is 0 Å². The Bertz CT molecular complexity index is 353. The van der Waals surface area contributed by atoms with Gasteiger partial charge in [0.1, 0.15) is 24.4 Å². The first kappa shape index (κ1) is 19.0. The first-order chi connectivity index (χ1) is 9.82. The lowest BCUT2D eigenvalue weighted by molar-refractivity contribution is -0.301. The second-order valence-corrected chi connectivity index (χ2v) is 6.79. The number of hydrogen-bond acceptors (Lipinski definition) is 9. The van der Waals surface area contributed by atoms with E-state index in [2.05, 4.69) is 4.52 Å². The SMILES string of the molecule is COCCOC1OC(COP(C)(=O)OC)C(O)C(O)C1O. The Kier molecular flexibility index (Phi) is 7.69. The Labute approximate surface area is 123 Å². The minimum absolute atomic E-state index is 0.138. The Balaban J connectivity index is 2.60. The fraction of sp³-hybridized carbons (Fsp3) is 1.00. The van der Waals surface area contributed by atoms with Crippen LogP contribution in [0.2, 0.25) is 0 Å². The summed E-state index contributed by atoms with van der Waals surface area (Å²) in [5.41, 5.74) is 0. The minimum Gasteiger partial charge on any atom is -0.387 e. The summed E-state index contributed by atoms with van der Waals surface area (Å²) in [6.07, 6.45) is -6.45. The van der Waals surface area contributed by atoms with E-state index < -0.39 is 38.3 Å². The fourth-order valence-corrected chi connectivity index (χ4v) is 2.22. The van der Waals surface area contributed by atoms with E-state index in [-0.39, 0.29) is 19.8 Å². The fourth-order valence-electron chi connectivity index (χ4n) is 1.70. The van der Waals surface area contributed by atoms with Gasteiger partial charge in [0.25, 0.3) is 0 Å². The zero-order valence-electron chi connectivity index (χ0n) is 12.2. The molecule has 9 nitrogen and oxygen atoms in total. The molecule has 0 saturated carbocycles. The predicted molar refractivity (Wildman–Crippen MR) is 71.0 cm³/mol. The lowest BCUT2D eigenvalue weighted by Crippen LogP contribution is -2.59. The Morgan fingerprint density at radius 1 is 1.10 bits per heavy atom. The van der Waals surface area contributed by atoms with Crippen LogP contribution in [0.15, 0.2) is 0 Å². The van der Waals surface area contributed by atoms with Gasteiger partial charge < -0.3 is 38.6 Å². The van der Waals surface area contributed by atoms with Gasteiger partial charge in [0.2, 0.25) is 0 Å². The average molecular weight is 330 g/mol. The molecule has 1 heterocycles. The van der Waals surface area contributed by atoms with Crippen molar-refractivity contribution in [1.29, 1.82) is 0 Å². The van der Waals surface area contributed by atoms with Crippen molar-refractivity contribution in [1.82, 2.24) is 0 Å². The van der Waals surface area contributed by atoms with Crippen LogP contribution in [0.3, 0.4) is 0 Å². The van der Waals surface area contributed by atoms with E-state index in [1.807, 2.05) is 0 Å². The maximum atomic E-state index is 11.6. The number of rotatable bonds is 8. The smallest absolute Gasteiger partial charge is 0.327 e. The Morgan fingerprint density at radius 2 is 1.76 bits per heavy atom. The third kappa shape index (κ3) is 5.55. The van der Waals surface area contributed by atoms with Crippen molar-refractivity contribution >= 4 is 7.60 Å². The predicted octanol–water partition coefficient (Wildman–Crippen LogP) is -1.06. The summed E-state index contributed by atoms with van der Waals surface area (Å²) in [7, 11) is -0.527. The van der Waals surface area contributed by atoms with Gasteiger partial charge in [-0.3, -0.25) is 4.57 Å². The highest BCUT2D eigenvalue weighted by molar-refractivity contribution is 7.52. The van der Waals surface area contributed by atoms with Crippen molar-refractivity contribution < 1.29 is 43.1 Å². The zero-order chi connectivity index (χ0) is 16.0. The molecule has 0 aliphatic carbocycles. The van der Waals surface area contributed by atoms with Crippen molar-refractivity contribution in [3.8, 4) is 0 Å². The lowest BCUT2D eigenvalue weighted by Gasteiger charge is -2.40. The largest absolute Gasteiger partial charge is 0.387 e. The number of aliphatic hydroxyl groups is 3. The number of aliphatic hydroxyl groups excluding tert-OH is 3. The molecule has 0 spiro atoms. The normalized spacial score (nSPS) is 36.4. The molecule has 6 atom stereocenters. The molecule has 10 heteroatoms. The van der Waals surface area contributed by atoms with Gasteiger partial charge in [-0.1, -0.05) is 0 Å². The second kappa shape index (κ2) is 8.52. The first-order valence-electron chi connectivity index (χ1n) is 6.40. The third-order valence-corrected chi connectivity index (χ3v) is 4.32. The zero-order valence-corrected chi connectivity index (χ0v) is 13.1. The van der Waals surface area contributed by atoms with Gasteiger partial charge in [0, 0.05) is 20.9 Å². The summed E-state index contributed by atoms with van der Waals surface area (Å²) in [6, 6.07) is 0. The highest BCUT2D eigenvalue weighted by Crippen LogP contribution is 2.43. The standard InChI is InChI=1S/C11H23O9P/c1-16-4-5-18-11-10(14)9(13)8(12)7(20-11)6-19-21(3,15)17-2/h7-14H,4-6H2,1-3H3. The molecule has 1 aliphatic heterocycles. The highest BCUT2D eigenvalue weighted by atomic mass is 31.2. The molecule has 3 N–H and O–H groups in total. The van der Waals surface area contributed by atoms with Crippen LogP contribution in [0.25, 0.3) is 0 Å². The molecule has 21 heavy (non-hydrogen) atoms. The lowest BCUT2D eigenvalue weighted by atomic mass is 9.99. The molecule has 1 aliphatic rings. The second-order valence-electron chi connectivity index (χ2n) is 4.63. The van der Waals surface area contributed by atoms with Gasteiger partial charge >= 0.3 is 7.60 Å². The van der Waals surface area contributed by atoms with E-state index in [1.165, 1.54) is 20.9 Å². The molecular formula is C11H23O9P. The molecule has 1 fully saturated rings. The number of methoxy groups -OCH3 is 1. The van der Waals surface area contributed by atoms with Crippen LogP contribution in [-0.4, -0.2) is 86.7 Å². The van der Waals surface area contributed by atoms with Crippen LogP contribution in [0.5, 0.6) is 0 Å². The first-order valence-corrected chi connectivity index (χ1v) is 8.39. The molecule has 126 valence electrons. The summed E-state index contributed by atoms with van der Waals surface area (Å²) in [5, 5.41) is 29.4. The van der Waals surface area contributed by atoms with E-state index in [9.17, 15) is 19.9 Å². The summed E-state index contributed by atoms with van der Waals surface area (Å²) in [5.74, 6) is 0. The van der Waals surface area contributed by atoms with E-state index in [1.54, 1.807) is 0 Å². The van der Waals surface area contributed by atoms with Crippen molar-refractivity contribution in [3.05, 3.63) is 0 Å². The molecule has 1 rings (SSSR count). The van der Waals surface area contributed by atoms with Crippen LogP contribution in [0.1, 0.15) is 0 Å². The molecule has 1 saturated heterocycles. The molecular weight excluding hydrogens is 307 g/mol. The summed E-state index contributed by atoms with van der Waals surface area (Å²) in [4.78, 5) is 0. The minimum atomic E-state index is -3.24.